The molecule has 2 heteroatoms. The van der Waals surface area contributed by atoms with Crippen molar-refractivity contribution < 1.29 is 4.74 Å². The average Bonchev–Trinajstić information content (AvgIpc) is 2.17. The third-order valence-electron chi connectivity index (χ3n) is 2.47. The Morgan fingerprint density at radius 1 is 1.00 bits per heavy atom. The molecule has 0 heterocycles. The van der Waals surface area contributed by atoms with Crippen LogP contribution in [0.3, 0.4) is 0 Å². The number of hydrogen-bond acceptors (Lipinski definition) is 1. The fourth-order valence-corrected chi connectivity index (χ4v) is 1.87. The van der Waals surface area contributed by atoms with Gasteiger partial charge in [0.05, 0.1) is 12.0 Å². The second-order valence-corrected chi connectivity index (χ2v) is 4.58. The zero-order valence-corrected chi connectivity index (χ0v) is 10.5. The van der Waals surface area contributed by atoms with E-state index in [0.29, 0.717) is 6.61 Å². The predicted octanol–water partition coefficient (Wildman–Crippen LogP) is 4.38. The first-order valence-electron chi connectivity index (χ1n) is 5.94. The van der Waals surface area contributed by atoms with Crippen molar-refractivity contribution in [2.75, 3.05) is 13.7 Å². The zero-order chi connectivity index (χ0) is 10.6. The minimum atomic E-state index is 0.218. The summed E-state index contributed by atoms with van der Waals surface area (Å²) in [6, 6.07) is 0. The molecule has 0 radical (unpaired) electrons. The highest BCUT2D eigenvalue weighted by Crippen LogP contribution is 2.12. The lowest BCUT2D eigenvalue weighted by atomic mass is 10.1. The van der Waals surface area contributed by atoms with Crippen molar-refractivity contribution in [3.63, 3.8) is 0 Å². The molecule has 0 aromatic carbocycles. The summed E-state index contributed by atoms with van der Waals surface area (Å²) in [5.74, 6) is 0. The molecular formula is C12H25ClO. The van der Waals surface area contributed by atoms with Gasteiger partial charge in [0.25, 0.3) is 0 Å². The van der Waals surface area contributed by atoms with Crippen LogP contribution in [0.25, 0.3) is 0 Å². The Labute approximate surface area is 94.2 Å². The maximum Gasteiger partial charge on any atom is 0.0626 e. The lowest BCUT2D eigenvalue weighted by Gasteiger charge is -2.07. The van der Waals surface area contributed by atoms with Gasteiger partial charge in [0.2, 0.25) is 0 Å². The number of hydrogen-bond donors (Lipinski definition) is 0. The normalized spacial score (nSPS) is 13.1. The fraction of sp³-hybridized carbons (Fsp3) is 1.00. The highest BCUT2D eigenvalue weighted by molar-refractivity contribution is 6.20. The summed E-state index contributed by atoms with van der Waals surface area (Å²) in [6.45, 7) is 2.94. The van der Waals surface area contributed by atoms with Gasteiger partial charge in [0.1, 0.15) is 0 Å². The highest BCUT2D eigenvalue weighted by Gasteiger charge is 2.02. The molecule has 0 rings (SSSR count). The average molecular weight is 221 g/mol. The van der Waals surface area contributed by atoms with E-state index in [-0.39, 0.29) is 5.38 Å². The molecule has 0 aliphatic rings. The fourth-order valence-electron chi connectivity index (χ4n) is 1.59. The van der Waals surface area contributed by atoms with Crippen molar-refractivity contribution in [2.24, 2.45) is 0 Å². The van der Waals surface area contributed by atoms with Gasteiger partial charge in [-0.05, 0) is 6.42 Å². The minimum Gasteiger partial charge on any atom is -0.383 e. The minimum absolute atomic E-state index is 0.218. The van der Waals surface area contributed by atoms with Crippen molar-refractivity contribution in [2.45, 2.75) is 63.7 Å². The van der Waals surface area contributed by atoms with Gasteiger partial charge in [0, 0.05) is 7.11 Å². The molecule has 0 N–H and O–H groups in total. The third-order valence-corrected chi connectivity index (χ3v) is 2.81. The van der Waals surface area contributed by atoms with Crippen LogP contribution in [0.4, 0.5) is 0 Å². The largest absolute Gasteiger partial charge is 0.383 e. The highest BCUT2D eigenvalue weighted by atomic mass is 35.5. The topological polar surface area (TPSA) is 9.23 Å². The Morgan fingerprint density at radius 2 is 1.57 bits per heavy atom. The number of methoxy groups -OCH3 is 1. The molecule has 0 spiro atoms. The van der Waals surface area contributed by atoms with Crippen LogP contribution in [0.2, 0.25) is 0 Å². The Morgan fingerprint density at radius 3 is 2.14 bits per heavy atom. The van der Waals surface area contributed by atoms with Gasteiger partial charge in [-0.3, -0.25) is 0 Å². The molecule has 0 aromatic rings. The van der Waals surface area contributed by atoms with Crippen LogP contribution in [0.5, 0.6) is 0 Å². The van der Waals surface area contributed by atoms with Gasteiger partial charge in [0.15, 0.2) is 0 Å². The van der Waals surface area contributed by atoms with E-state index in [4.69, 9.17) is 16.3 Å². The van der Waals surface area contributed by atoms with Crippen LogP contribution < -0.4 is 0 Å². The maximum atomic E-state index is 6.02. The van der Waals surface area contributed by atoms with Crippen molar-refractivity contribution in [1.82, 2.24) is 0 Å². The van der Waals surface area contributed by atoms with E-state index < -0.39 is 0 Å². The molecule has 86 valence electrons. The first-order chi connectivity index (χ1) is 6.81. The van der Waals surface area contributed by atoms with Crippen LogP contribution in [0.15, 0.2) is 0 Å². The van der Waals surface area contributed by atoms with Crippen LogP contribution in [-0.4, -0.2) is 19.1 Å². The van der Waals surface area contributed by atoms with Crippen molar-refractivity contribution in [3.8, 4) is 0 Å². The van der Waals surface area contributed by atoms with Crippen molar-refractivity contribution in [3.05, 3.63) is 0 Å². The van der Waals surface area contributed by atoms with Crippen LogP contribution in [-0.2, 0) is 4.74 Å². The summed E-state index contributed by atoms with van der Waals surface area (Å²) in [4.78, 5) is 0. The molecule has 0 amide bonds. The molecule has 0 saturated carbocycles. The third kappa shape index (κ3) is 10.3. The Hall–Kier alpha value is 0.250. The first-order valence-corrected chi connectivity index (χ1v) is 6.38. The molecule has 1 atom stereocenters. The smallest absolute Gasteiger partial charge is 0.0626 e. The molecule has 1 unspecified atom stereocenters. The summed E-state index contributed by atoms with van der Waals surface area (Å²) in [5.41, 5.74) is 0. The second kappa shape index (κ2) is 11.3. The number of unbranched alkanes of at least 4 members (excludes halogenated alkanes) is 6. The predicted molar refractivity (Wildman–Crippen MR) is 64.1 cm³/mol. The monoisotopic (exact) mass is 220 g/mol. The van der Waals surface area contributed by atoms with Gasteiger partial charge >= 0.3 is 0 Å². The molecular weight excluding hydrogens is 196 g/mol. The van der Waals surface area contributed by atoms with E-state index in [9.17, 15) is 0 Å². The quantitative estimate of drug-likeness (QED) is 0.392. The standard InChI is InChI=1S/C12H25ClO/c1-3-4-5-6-7-8-9-10-12(13)11-14-2/h12H,3-11H2,1-2H3. The van der Waals surface area contributed by atoms with Gasteiger partial charge in [-0.2, -0.15) is 0 Å². The van der Waals surface area contributed by atoms with Gasteiger partial charge in [-0.1, -0.05) is 51.9 Å². The Balaban J connectivity index is 2.98. The maximum absolute atomic E-state index is 6.02. The van der Waals surface area contributed by atoms with Crippen LogP contribution >= 0.6 is 11.6 Å². The Kier molecular flexibility index (Phi) is 11.5. The van der Waals surface area contributed by atoms with Crippen LogP contribution in [0, 0.1) is 0 Å². The van der Waals surface area contributed by atoms with Crippen molar-refractivity contribution >= 4 is 11.6 Å². The molecule has 0 aliphatic carbocycles. The summed E-state index contributed by atoms with van der Waals surface area (Å²) in [5, 5.41) is 0.218. The van der Waals surface area contributed by atoms with E-state index in [1.165, 1.54) is 44.9 Å². The first kappa shape index (κ1) is 14.2. The van der Waals surface area contributed by atoms with Crippen molar-refractivity contribution in [1.29, 1.82) is 0 Å². The summed E-state index contributed by atoms with van der Waals surface area (Å²) in [6.07, 6.45) is 10.6. The molecule has 0 saturated heterocycles. The molecule has 1 nitrogen and oxygen atoms in total. The lowest BCUT2D eigenvalue weighted by Crippen LogP contribution is -2.06. The lowest BCUT2D eigenvalue weighted by molar-refractivity contribution is 0.194. The number of rotatable bonds is 10. The molecule has 0 aromatic heterocycles. The van der Waals surface area contributed by atoms with E-state index in [0.717, 1.165) is 6.42 Å². The van der Waals surface area contributed by atoms with E-state index in [1.807, 2.05) is 0 Å². The molecule has 14 heavy (non-hydrogen) atoms. The van der Waals surface area contributed by atoms with E-state index in [2.05, 4.69) is 6.92 Å². The van der Waals surface area contributed by atoms with Gasteiger partial charge in [-0.25, -0.2) is 0 Å². The van der Waals surface area contributed by atoms with E-state index in [1.54, 1.807) is 7.11 Å². The molecule has 0 fully saturated rings. The number of halogens is 1. The second-order valence-electron chi connectivity index (χ2n) is 3.96. The summed E-state index contributed by atoms with van der Waals surface area (Å²) < 4.78 is 4.98. The molecule has 0 bridgehead atoms. The van der Waals surface area contributed by atoms with Crippen LogP contribution in [0.1, 0.15) is 58.3 Å². The van der Waals surface area contributed by atoms with Gasteiger partial charge in [-0.15, -0.1) is 11.6 Å². The summed E-state index contributed by atoms with van der Waals surface area (Å²) >= 11 is 6.02. The van der Waals surface area contributed by atoms with E-state index >= 15 is 0 Å². The molecule has 0 aliphatic heterocycles. The summed E-state index contributed by atoms with van der Waals surface area (Å²) in [7, 11) is 1.71. The number of alkyl halides is 1. The number of ether oxygens (including phenoxy) is 1. The van der Waals surface area contributed by atoms with Gasteiger partial charge < -0.3 is 4.74 Å². The SMILES string of the molecule is CCCCCCCCCC(Cl)COC. The Bertz CT molecular complexity index is 106. The zero-order valence-electron chi connectivity index (χ0n) is 9.73.